The van der Waals surface area contributed by atoms with Crippen molar-refractivity contribution >= 4 is 5.91 Å². The summed E-state index contributed by atoms with van der Waals surface area (Å²) in [7, 11) is 1.52. The van der Waals surface area contributed by atoms with E-state index in [1.54, 1.807) is 22.9 Å². The standard InChI is InChI=1S/C27H25F3N4O4/c1-37-16-21-20(13-17-8-10-18(11-9-17)15-34-12-3-2-7-23(34)35)25(33-32-21)26(36)31-14-19-5-4-6-22(24(19)28)38-27(29)30/h2-12,27H,13-16H2,1H3,(H,31,36)(H,32,33). The number of nitrogens with one attached hydrogen (secondary N) is 2. The second-order valence-corrected chi connectivity index (χ2v) is 8.41. The summed E-state index contributed by atoms with van der Waals surface area (Å²) in [5.41, 5.74) is 3.04. The third-order valence-electron chi connectivity index (χ3n) is 5.81. The Bertz CT molecular complexity index is 1450. The van der Waals surface area contributed by atoms with Gasteiger partial charge in [0, 0.05) is 43.5 Å². The SMILES string of the molecule is COCc1[nH]nc(C(=O)NCc2cccc(OC(F)F)c2F)c1Cc1ccc(Cn2ccccc2=O)cc1. The minimum Gasteiger partial charge on any atom is -0.432 e. The Morgan fingerprint density at radius 3 is 2.55 bits per heavy atom. The quantitative estimate of drug-likeness (QED) is 0.308. The monoisotopic (exact) mass is 526 g/mol. The van der Waals surface area contributed by atoms with Crippen molar-refractivity contribution in [3.05, 3.63) is 117 Å². The Morgan fingerprint density at radius 1 is 1.08 bits per heavy atom. The molecule has 2 N–H and O–H groups in total. The second kappa shape index (κ2) is 12.2. The maximum Gasteiger partial charge on any atom is 0.387 e. The summed E-state index contributed by atoms with van der Waals surface area (Å²) in [5, 5.41) is 9.53. The number of alkyl halides is 2. The number of methoxy groups -OCH3 is 1. The first-order valence-electron chi connectivity index (χ1n) is 11.6. The highest BCUT2D eigenvalue weighted by atomic mass is 19.3. The average Bonchev–Trinajstić information content (AvgIpc) is 3.29. The molecule has 0 saturated carbocycles. The lowest BCUT2D eigenvalue weighted by molar-refractivity contribution is -0.0522. The fourth-order valence-electron chi connectivity index (χ4n) is 3.94. The minimum atomic E-state index is -3.17. The molecular weight excluding hydrogens is 501 g/mol. The Kier molecular flexibility index (Phi) is 8.59. The number of halogens is 3. The molecule has 2 aromatic heterocycles. The van der Waals surface area contributed by atoms with Gasteiger partial charge in [-0.2, -0.15) is 13.9 Å². The van der Waals surface area contributed by atoms with E-state index in [-0.39, 0.29) is 30.0 Å². The number of aromatic nitrogens is 3. The number of H-pyrrole nitrogens is 1. The van der Waals surface area contributed by atoms with Crippen LogP contribution in [0.2, 0.25) is 0 Å². The Labute approximate surface area is 216 Å². The molecular formula is C27H25F3N4O4. The van der Waals surface area contributed by atoms with Gasteiger partial charge in [0.25, 0.3) is 11.5 Å². The molecule has 4 aromatic rings. The van der Waals surface area contributed by atoms with Crippen LogP contribution >= 0.6 is 0 Å². The lowest BCUT2D eigenvalue weighted by atomic mass is 10.0. The molecule has 2 heterocycles. The van der Waals surface area contributed by atoms with Crippen LogP contribution in [-0.4, -0.2) is 34.4 Å². The van der Waals surface area contributed by atoms with Crippen molar-refractivity contribution in [3.63, 3.8) is 0 Å². The summed E-state index contributed by atoms with van der Waals surface area (Å²) in [6.45, 7) is -2.82. The van der Waals surface area contributed by atoms with Crippen LogP contribution in [0.3, 0.4) is 0 Å². The molecule has 38 heavy (non-hydrogen) atoms. The van der Waals surface area contributed by atoms with Crippen LogP contribution in [0.1, 0.15) is 38.4 Å². The summed E-state index contributed by atoms with van der Waals surface area (Å²) in [5.74, 6) is -2.15. The lowest BCUT2D eigenvalue weighted by Crippen LogP contribution is -2.25. The highest BCUT2D eigenvalue weighted by Crippen LogP contribution is 2.23. The highest BCUT2D eigenvalue weighted by Gasteiger charge is 2.21. The van der Waals surface area contributed by atoms with Gasteiger partial charge in [0.1, 0.15) is 0 Å². The number of hydrogen-bond acceptors (Lipinski definition) is 5. The molecule has 0 aliphatic carbocycles. The van der Waals surface area contributed by atoms with E-state index in [0.717, 1.165) is 17.2 Å². The van der Waals surface area contributed by atoms with Crippen molar-refractivity contribution in [3.8, 4) is 5.75 Å². The number of hydrogen-bond donors (Lipinski definition) is 2. The van der Waals surface area contributed by atoms with Crippen LogP contribution in [0, 0.1) is 5.82 Å². The van der Waals surface area contributed by atoms with Gasteiger partial charge in [0.2, 0.25) is 0 Å². The van der Waals surface area contributed by atoms with Crippen LogP contribution in [0.15, 0.2) is 71.7 Å². The fourth-order valence-corrected chi connectivity index (χ4v) is 3.94. The van der Waals surface area contributed by atoms with Gasteiger partial charge in [-0.15, -0.1) is 0 Å². The van der Waals surface area contributed by atoms with E-state index < -0.39 is 24.1 Å². The molecule has 8 nitrogen and oxygen atoms in total. The molecule has 0 fully saturated rings. The van der Waals surface area contributed by atoms with E-state index in [9.17, 15) is 22.8 Å². The van der Waals surface area contributed by atoms with E-state index in [2.05, 4.69) is 20.3 Å². The van der Waals surface area contributed by atoms with Crippen molar-refractivity contribution in [1.82, 2.24) is 20.1 Å². The van der Waals surface area contributed by atoms with Crippen molar-refractivity contribution in [2.24, 2.45) is 0 Å². The number of carbonyl (C=O) groups is 1. The van der Waals surface area contributed by atoms with Crippen LogP contribution in [-0.2, 0) is 30.9 Å². The number of carbonyl (C=O) groups excluding carboxylic acids is 1. The summed E-state index contributed by atoms with van der Waals surface area (Å²) >= 11 is 0. The molecule has 198 valence electrons. The second-order valence-electron chi connectivity index (χ2n) is 8.41. The fraction of sp³-hybridized carbons (Fsp3) is 0.222. The van der Waals surface area contributed by atoms with Gasteiger partial charge in [-0.1, -0.05) is 42.5 Å². The molecule has 0 aliphatic heterocycles. The zero-order valence-electron chi connectivity index (χ0n) is 20.4. The summed E-state index contributed by atoms with van der Waals surface area (Å²) in [6.07, 6.45) is 2.08. The first-order chi connectivity index (χ1) is 18.4. The molecule has 0 spiro atoms. The number of nitrogens with zero attached hydrogens (tertiary/aromatic N) is 2. The smallest absolute Gasteiger partial charge is 0.387 e. The third-order valence-corrected chi connectivity index (χ3v) is 5.81. The van der Waals surface area contributed by atoms with Crippen LogP contribution < -0.4 is 15.6 Å². The average molecular weight is 527 g/mol. The summed E-state index contributed by atoms with van der Waals surface area (Å²) < 4.78 is 50.5. The van der Waals surface area contributed by atoms with Crippen molar-refractivity contribution in [2.45, 2.75) is 32.7 Å². The zero-order chi connectivity index (χ0) is 27.1. The Balaban J connectivity index is 1.49. The zero-order valence-corrected chi connectivity index (χ0v) is 20.4. The van der Waals surface area contributed by atoms with E-state index in [0.29, 0.717) is 24.2 Å². The van der Waals surface area contributed by atoms with Crippen molar-refractivity contribution in [2.75, 3.05) is 7.11 Å². The van der Waals surface area contributed by atoms with Crippen LogP contribution in [0.5, 0.6) is 5.75 Å². The number of amides is 1. The van der Waals surface area contributed by atoms with Crippen LogP contribution in [0.4, 0.5) is 13.2 Å². The van der Waals surface area contributed by atoms with E-state index in [4.69, 9.17) is 4.74 Å². The Hall–Kier alpha value is -4.38. The van der Waals surface area contributed by atoms with Gasteiger partial charge in [-0.3, -0.25) is 14.7 Å². The molecule has 0 atom stereocenters. The van der Waals surface area contributed by atoms with E-state index in [1.165, 1.54) is 25.3 Å². The normalized spacial score (nSPS) is 11.1. The van der Waals surface area contributed by atoms with Gasteiger partial charge in [-0.05, 0) is 23.3 Å². The number of pyridine rings is 1. The van der Waals surface area contributed by atoms with Gasteiger partial charge in [-0.25, -0.2) is 4.39 Å². The van der Waals surface area contributed by atoms with Gasteiger partial charge in [0.05, 0.1) is 18.8 Å². The largest absolute Gasteiger partial charge is 0.432 e. The number of benzene rings is 2. The minimum absolute atomic E-state index is 0.0150. The molecule has 0 aliphatic rings. The first kappa shape index (κ1) is 26.7. The number of rotatable bonds is 11. The Morgan fingerprint density at radius 2 is 1.84 bits per heavy atom. The van der Waals surface area contributed by atoms with Crippen molar-refractivity contribution in [1.29, 1.82) is 0 Å². The van der Waals surface area contributed by atoms with E-state index in [1.807, 2.05) is 24.3 Å². The molecule has 0 saturated heterocycles. The number of ether oxygens (including phenoxy) is 2. The third kappa shape index (κ3) is 6.48. The predicted molar refractivity (Wildman–Crippen MR) is 133 cm³/mol. The summed E-state index contributed by atoms with van der Waals surface area (Å²) in [4.78, 5) is 24.9. The molecule has 0 bridgehead atoms. The first-order valence-corrected chi connectivity index (χ1v) is 11.6. The topological polar surface area (TPSA) is 98.2 Å². The lowest BCUT2D eigenvalue weighted by Gasteiger charge is -2.11. The number of aromatic amines is 1. The summed E-state index contributed by atoms with van der Waals surface area (Å²) in [6, 6.07) is 16.4. The molecule has 1 amide bonds. The molecule has 4 rings (SSSR count). The van der Waals surface area contributed by atoms with Crippen molar-refractivity contribution < 1.29 is 27.4 Å². The van der Waals surface area contributed by atoms with E-state index >= 15 is 0 Å². The van der Waals surface area contributed by atoms with Crippen LogP contribution in [0.25, 0.3) is 0 Å². The molecule has 0 unspecified atom stereocenters. The predicted octanol–water partition coefficient (Wildman–Crippen LogP) is 4.03. The van der Waals surface area contributed by atoms with Gasteiger partial charge < -0.3 is 19.4 Å². The molecule has 11 heteroatoms. The van der Waals surface area contributed by atoms with Gasteiger partial charge in [0.15, 0.2) is 17.3 Å². The van der Waals surface area contributed by atoms with Gasteiger partial charge >= 0.3 is 6.61 Å². The maximum absolute atomic E-state index is 14.5. The molecule has 0 radical (unpaired) electrons. The maximum atomic E-state index is 14.5. The molecule has 2 aromatic carbocycles. The highest BCUT2D eigenvalue weighted by molar-refractivity contribution is 5.94.